The second-order valence-corrected chi connectivity index (χ2v) is 12.6. The van der Waals surface area contributed by atoms with Crippen molar-refractivity contribution in [2.24, 2.45) is 0 Å². The first-order chi connectivity index (χ1) is 17.9. The Morgan fingerprint density at radius 3 is 2.26 bits per heavy atom. The summed E-state index contributed by atoms with van der Waals surface area (Å²) < 4.78 is 65.2. The van der Waals surface area contributed by atoms with Crippen molar-refractivity contribution in [3.8, 4) is 11.5 Å². The highest BCUT2D eigenvalue weighted by Crippen LogP contribution is 2.36. The molecule has 0 aliphatic carbocycles. The highest BCUT2D eigenvalue weighted by Gasteiger charge is 2.30. The number of nitrogens with zero attached hydrogens (tertiary/aromatic N) is 1. The molecular formula is C24H23Cl2N3O7S2. The topological polar surface area (TPSA) is 131 Å². The molecule has 1 aliphatic rings. The second-order valence-electron chi connectivity index (χ2n) is 8.28. The van der Waals surface area contributed by atoms with Crippen molar-refractivity contribution >= 4 is 66.2 Å². The minimum Gasteiger partial charge on any atom is -0.486 e. The van der Waals surface area contributed by atoms with Crippen LogP contribution < -0.4 is 23.8 Å². The van der Waals surface area contributed by atoms with Crippen LogP contribution in [0.25, 0.3) is 0 Å². The Hall–Kier alpha value is -3.19. The summed E-state index contributed by atoms with van der Waals surface area (Å²) in [6.07, 6.45) is 0.992. The van der Waals surface area contributed by atoms with Gasteiger partial charge in [-0.2, -0.15) is 0 Å². The largest absolute Gasteiger partial charge is 0.486 e. The van der Waals surface area contributed by atoms with E-state index in [-0.39, 0.29) is 32.0 Å². The second kappa shape index (κ2) is 10.9. The smallest absolute Gasteiger partial charge is 0.261 e. The molecule has 0 saturated heterocycles. The third kappa shape index (κ3) is 6.09. The summed E-state index contributed by atoms with van der Waals surface area (Å²) in [4.78, 5) is 12.9. The molecule has 1 heterocycles. The number of hydrogen-bond acceptors (Lipinski definition) is 7. The number of nitrogens with one attached hydrogen (secondary N) is 2. The number of anilines is 3. The lowest BCUT2D eigenvalue weighted by Gasteiger charge is -2.29. The van der Waals surface area contributed by atoms with Crippen LogP contribution in [-0.2, 0) is 24.8 Å². The van der Waals surface area contributed by atoms with Crippen molar-refractivity contribution in [2.45, 2.75) is 17.9 Å². The Morgan fingerprint density at radius 1 is 0.947 bits per heavy atom. The first kappa shape index (κ1) is 27.8. The molecule has 0 unspecified atom stereocenters. The van der Waals surface area contributed by atoms with Gasteiger partial charge in [0.15, 0.2) is 11.5 Å². The molecule has 3 aromatic carbocycles. The average molecular weight is 601 g/mol. The molecule has 3 aromatic rings. The van der Waals surface area contributed by atoms with Crippen molar-refractivity contribution < 1.29 is 31.1 Å². The molecule has 0 aromatic heterocycles. The van der Waals surface area contributed by atoms with Crippen molar-refractivity contribution in [2.75, 3.05) is 33.8 Å². The zero-order valence-electron chi connectivity index (χ0n) is 20.1. The fourth-order valence-electron chi connectivity index (χ4n) is 3.73. The maximum absolute atomic E-state index is 13.0. The molecule has 4 rings (SSSR count). The van der Waals surface area contributed by atoms with Crippen LogP contribution in [0.5, 0.6) is 11.5 Å². The maximum Gasteiger partial charge on any atom is 0.261 e. The number of ether oxygens (including phenoxy) is 2. The molecule has 14 heteroatoms. The number of amides is 1. The van der Waals surface area contributed by atoms with Crippen molar-refractivity contribution in [3.05, 3.63) is 70.7 Å². The van der Waals surface area contributed by atoms with Crippen LogP contribution >= 0.6 is 23.2 Å². The van der Waals surface area contributed by atoms with Crippen molar-refractivity contribution in [1.82, 2.24) is 0 Å². The predicted octanol–water partition coefficient (Wildman–Crippen LogP) is 4.36. The summed E-state index contributed by atoms with van der Waals surface area (Å²) in [5, 5.41) is 2.87. The van der Waals surface area contributed by atoms with Crippen LogP contribution in [0.2, 0.25) is 10.0 Å². The molecule has 2 N–H and O–H groups in total. The molecule has 0 fully saturated rings. The van der Waals surface area contributed by atoms with Gasteiger partial charge in [0, 0.05) is 11.8 Å². The van der Waals surface area contributed by atoms with E-state index in [1.54, 1.807) is 12.1 Å². The standard InChI is InChI=1S/C24H23Cl2N3O7S2/c1-15(29(37(2,31)32)17-8-11-21-22(14-17)36-13-12-35-21)24(30)27-16-6-9-18(10-7-16)38(33,34)28-20-5-3-4-19(25)23(20)26/h3-11,14-15,28H,12-13H2,1-2H3,(H,27,30)/t15-/m0/s1. The minimum absolute atomic E-state index is 0.0593. The van der Waals surface area contributed by atoms with Crippen molar-refractivity contribution in [1.29, 1.82) is 0 Å². The summed E-state index contributed by atoms with van der Waals surface area (Å²) in [6, 6.07) is 13.3. The van der Waals surface area contributed by atoms with Gasteiger partial charge in [0.05, 0.1) is 32.6 Å². The van der Waals surface area contributed by atoms with Crippen LogP contribution in [0.1, 0.15) is 6.92 Å². The predicted molar refractivity (Wildman–Crippen MR) is 147 cm³/mol. The average Bonchev–Trinajstić information content (AvgIpc) is 2.86. The van der Waals surface area contributed by atoms with Crippen LogP contribution in [0.15, 0.2) is 65.6 Å². The van der Waals surface area contributed by atoms with E-state index >= 15 is 0 Å². The Balaban J connectivity index is 1.51. The van der Waals surface area contributed by atoms with Gasteiger partial charge in [0.1, 0.15) is 19.3 Å². The highest BCUT2D eigenvalue weighted by atomic mass is 35.5. The summed E-state index contributed by atoms with van der Waals surface area (Å²) in [5.41, 5.74) is 0.606. The fraction of sp³-hybridized carbons (Fsp3) is 0.208. The number of sulfonamides is 2. The lowest BCUT2D eigenvalue weighted by molar-refractivity contribution is -0.116. The van der Waals surface area contributed by atoms with Gasteiger partial charge in [-0.05, 0) is 55.5 Å². The summed E-state index contributed by atoms with van der Waals surface area (Å²) >= 11 is 12.0. The van der Waals surface area contributed by atoms with Gasteiger partial charge in [-0.25, -0.2) is 16.8 Å². The van der Waals surface area contributed by atoms with Crippen LogP contribution in [0, 0.1) is 0 Å². The van der Waals surface area contributed by atoms with Crippen LogP contribution in [-0.4, -0.2) is 48.3 Å². The Labute approximate surface area is 230 Å². The number of halogens is 2. The van der Waals surface area contributed by atoms with E-state index in [2.05, 4.69) is 10.0 Å². The zero-order chi connectivity index (χ0) is 27.7. The number of carbonyl (C=O) groups excluding carboxylic acids is 1. The monoisotopic (exact) mass is 599 g/mol. The van der Waals surface area contributed by atoms with Crippen molar-refractivity contribution in [3.63, 3.8) is 0 Å². The van der Waals surface area contributed by atoms with E-state index in [0.717, 1.165) is 10.6 Å². The number of carbonyl (C=O) groups is 1. The SMILES string of the molecule is C[C@@H](C(=O)Nc1ccc(S(=O)(=O)Nc2cccc(Cl)c2Cl)cc1)N(c1ccc2c(c1)OCCO2)S(C)(=O)=O. The van der Waals surface area contributed by atoms with Gasteiger partial charge in [0.2, 0.25) is 15.9 Å². The lowest BCUT2D eigenvalue weighted by atomic mass is 10.2. The van der Waals surface area contributed by atoms with Gasteiger partial charge in [-0.15, -0.1) is 0 Å². The molecule has 38 heavy (non-hydrogen) atoms. The van der Waals surface area contributed by atoms with Crippen LogP contribution in [0.3, 0.4) is 0 Å². The summed E-state index contributed by atoms with van der Waals surface area (Å²) in [7, 11) is -7.88. The van der Waals surface area contributed by atoms with Gasteiger partial charge in [-0.3, -0.25) is 13.8 Å². The van der Waals surface area contributed by atoms with E-state index in [1.807, 2.05) is 0 Å². The van der Waals surface area contributed by atoms with Gasteiger partial charge < -0.3 is 14.8 Å². The van der Waals surface area contributed by atoms with Gasteiger partial charge in [-0.1, -0.05) is 29.3 Å². The molecule has 202 valence electrons. The summed E-state index contributed by atoms with van der Waals surface area (Å²) in [6.45, 7) is 2.13. The normalized spacial score (nSPS) is 13.9. The van der Waals surface area contributed by atoms with E-state index in [4.69, 9.17) is 32.7 Å². The van der Waals surface area contributed by atoms with Gasteiger partial charge >= 0.3 is 0 Å². The third-order valence-electron chi connectivity index (χ3n) is 5.50. The molecule has 0 radical (unpaired) electrons. The van der Waals surface area contributed by atoms with E-state index < -0.39 is 32.0 Å². The van der Waals surface area contributed by atoms with Gasteiger partial charge in [0.25, 0.3) is 10.0 Å². The quantitative estimate of drug-likeness (QED) is 0.393. The van der Waals surface area contributed by atoms with E-state index in [1.165, 1.54) is 55.5 Å². The molecule has 1 aliphatic heterocycles. The Morgan fingerprint density at radius 2 is 1.61 bits per heavy atom. The zero-order valence-corrected chi connectivity index (χ0v) is 23.3. The lowest BCUT2D eigenvalue weighted by Crippen LogP contribution is -2.45. The number of rotatable bonds is 8. The minimum atomic E-state index is -4.01. The molecule has 1 atom stereocenters. The molecule has 10 nitrogen and oxygen atoms in total. The number of hydrogen-bond donors (Lipinski definition) is 2. The highest BCUT2D eigenvalue weighted by molar-refractivity contribution is 7.92. The molecule has 0 bridgehead atoms. The molecule has 1 amide bonds. The van der Waals surface area contributed by atoms with E-state index in [0.29, 0.717) is 24.7 Å². The number of fused-ring (bicyclic) bond motifs is 1. The third-order valence-corrected chi connectivity index (χ3v) is 8.94. The molecular weight excluding hydrogens is 577 g/mol. The Bertz CT molecular complexity index is 1580. The first-order valence-electron chi connectivity index (χ1n) is 11.1. The first-order valence-corrected chi connectivity index (χ1v) is 15.2. The summed E-state index contributed by atoms with van der Waals surface area (Å²) in [5.74, 6) is 0.219. The fourth-order valence-corrected chi connectivity index (χ4v) is 6.37. The Kier molecular flexibility index (Phi) is 7.98. The molecule has 0 spiro atoms. The molecule has 0 saturated carbocycles. The van der Waals surface area contributed by atoms with E-state index in [9.17, 15) is 21.6 Å². The maximum atomic E-state index is 13.0. The van der Waals surface area contributed by atoms with Crippen LogP contribution in [0.4, 0.5) is 17.1 Å². The number of benzene rings is 3.